The number of ether oxygens (including phenoxy) is 2. The van der Waals surface area contributed by atoms with Crippen LogP contribution in [0, 0.1) is 17.1 Å². The van der Waals surface area contributed by atoms with E-state index in [0.29, 0.717) is 10.4 Å². The van der Waals surface area contributed by atoms with Crippen molar-refractivity contribution < 1.29 is 27.0 Å². The number of alkyl halides is 3. The topological polar surface area (TPSA) is 119 Å². The molecule has 1 fully saturated rings. The van der Waals surface area contributed by atoms with E-state index in [0.717, 1.165) is 18.7 Å². The van der Waals surface area contributed by atoms with Crippen LogP contribution in [0.3, 0.4) is 0 Å². The SMILES string of the molecule is COc1cc([C@@H]2CN(c3nc(-c4ccc(C#N)cc4F)c4nc(C(F)(F)F)n(C)c(=O)c4n3)C[C@H](C)O2)ccn1. The Hall–Kier alpha value is -4.64. The van der Waals surface area contributed by atoms with Gasteiger partial charge in [0, 0.05) is 31.4 Å². The number of fused-ring (bicyclic) bond motifs is 1. The van der Waals surface area contributed by atoms with Gasteiger partial charge in [-0.05, 0) is 36.8 Å². The van der Waals surface area contributed by atoms with E-state index in [-0.39, 0.29) is 42.0 Å². The van der Waals surface area contributed by atoms with Gasteiger partial charge in [-0.1, -0.05) is 0 Å². The van der Waals surface area contributed by atoms with E-state index in [1.807, 2.05) is 6.92 Å². The van der Waals surface area contributed by atoms with Crippen LogP contribution in [-0.2, 0) is 18.0 Å². The fourth-order valence-corrected chi connectivity index (χ4v) is 4.53. The van der Waals surface area contributed by atoms with Gasteiger partial charge >= 0.3 is 6.18 Å². The van der Waals surface area contributed by atoms with Crippen LogP contribution in [0.4, 0.5) is 23.5 Å². The summed E-state index contributed by atoms with van der Waals surface area (Å²) >= 11 is 0. The second kappa shape index (κ2) is 10.2. The van der Waals surface area contributed by atoms with Crippen LogP contribution in [0.25, 0.3) is 22.3 Å². The minimum absolute atomic E-state index is 0.00249. The minimum Gasteiger partial charge on any atom is -0.481 e. The molecular weight excluding hydrogens is 534 g/mol. The van der Waals surface area contributed by atoms with Crippen molar-refractivity contribution in [1.82, 2.24) is 24.5 Å². The average molecular weight is 555 g/mol. The molecule has 14 heteroatoms. The van der Waals surface area contributed by atoms with Crippen LogP contribution in [0.15, 0.2) is 41.3 Å². The zero-order valence-corrected chi connectivity index (χ0v) is 21.4. The van der Waals surface area contributed by atoms with Crippen molar-refractivity contribution in [2.75, 3.05) is 25.1 Å². The standard InChI is InChI=1S/C26H21F4N7O3/c1-13-11-37(12-18(40-13)15-6-7-32-19(9-15)39-3)25-34-20(16-5-4-14(10-31)8-17(16)27)21-22(35-25)23(38)36(2)24(33-21)26(28,29)30/h4-9,13,18H,11-12H2,1-3H3/t13-,18-/m0/s1. The Labute approximate surface area is 224 Å². The van der Waals surface area contributed by atoms with E-state index in [2.05, 4.69) is 19.9 Å². The monoisotopic (exact) mass is 555 g/mol. The summed E-state index contributed by atoms with van der Waals surface area (Å²) in [6.45, 7) is 2.29. The van der Waals surface area contributed by atoms with Crippen molar-refractivity contribution in [3.63, 3.8) is 0 Å². The van der Waals surface area contributed by atoms with Gasteiger partial charge in [-0.3, -0.25) is 9.36 Å². The fraction of sp³-hybridized carbons (Fsp3) is 0.308. The smallest absolute Gasteiger partial charge is 0.449 e. The summed E-state index contributed by atoms with van der Waals surface area (Å²) in [7, 11) is 2.42. The molecule has 0 N–H and O–H groups in total. The number of rotatable bonds is 4. The summed E-state index contributed by atoms with van der Waals surface area (Å²) in [4.78, 5) is 31.4. The molecule has 4 heterocycles. The summed E-state index contributed by atoms with van der Waals surface area (Å²) in [5.41, 5.74) is -1.81. The van der Waals surface area contributed by atoms with E-state index in [9.17, 15) is 18.0 Å². The third-order valence-electron chi connectivity index (χ3n) is 6.40. The van der Waals surface area contributed by atoms with Gasteiger partial charge in [0.2, 0.25) is 17.7 Å². The first-order valence-corrected chi connectivity index (χ1v) is 12.0. The molecule has 2 atom stereocenters. The molecule has 0 aliphatic carbocycles. The number of morpholine rings is 1. The highest BCUT2D eigenvalue weighted by atomic mass is 19.4. The van der Waals surface area contributed by atoms with Crippen molar-refractivity contribution in [2.45, 2.75) is 25.3 Å². The van der Waals surface area contributed by atoms with Gasteiger partial charge in [0.05, 0.1) is 31.4 Å². The van der Waals surface area contributed by atoms with Gasteiger partial charge < -0.3 is 14.4 Å². The lowest BCUT2D eigenvalue weighted by atomic mass is 10.1. The van der Waals surface area contributed by atoms with Crippen LogP contribution in [-0.4, -0.2) is 50.8 Å². The lowest BCUT2D eigenvalue weighted by Crippen LogP contribution is -2.44. The molecule has 1 aliphatic heterocycles. The zero-order chi connectivity index (χ0) is 28.8. The first kappa shape index (κ1) is 26.9. The van der Waals surface area contributed by atoms with Gasteiger partial charge in [-0.25, -0.2) is 24.3 Å². The Bertz CT molecular complexity index is 1720. The Morgan fingerprint density at radius 3 is 2.58 bits per heavy atom. The molecule has 40 heavy (non-hydrogen) atoms. The molecule has 5 rings (SSSR count). The van der Waals surface area contributed by atoms with Crippen molar-refractivity contribution in [3.05, 3.63) is 69.7 Å². The van der Waals surface area contributed by atoms with Crippen LogP contribution >= 0.6 is 0 Å². The third kappa shape index (κ3) is 4.91. The molecule has 0 amide bonds. The number of pyridine rings is 1. The Morgan fingerprint density at radius 1 is 1.12 bits per heavy atom. The van der Waals surface area contributed by atoms with Crippen molar-refractivity contribution >= 4 is 17.0 Å². The number of benzene rings is 1. The highest BCUT2D eigenvalue weighted by molar-refractivity contribution is 5.90. The largest absolute Gasteiger partial charge is 0.481 e. The Balaban J connectivity index is 1.71. The lowest BCUT2D eigenvalue weighted by Gasteiger charge is -2.37. The third-order valence-corrected chi connectivity index (χ3v) is 6.40. The molecule has 0 unspecified atom stereocenters. The summed E-state index contributed by atoms with van der Waals surface area (Å²) in [5.74, 6) is -2.05. The fourth-order valence-electron chi connectivity index (χ4n) is 4.53. The molecule has 1 aromatic carbocycles. The first-order valence-electron chi connectivity index (χ1n) is 12.0. The molecule has 206 valence electrons. The summed E-state index contributed by atoms with van der Waals surface area (Å²) in [5, 5.41) is 9.12. The van der Waals surface area contributed by atoms with Crippen molar-refractivity contribution in [2.24, 2.45) is 7.05 Å². The zero-order valence-electron chi connectivity index (χ0n) is 21.4. The highest BCUT2D eigenvalue weighted by Gasteiger charge is 2.38. The predicted molar refractivity (Wildman–Crippen MR) is 134 cm³/mol. The second-order valence-electron chi connectivity index (χ2n) is 9.15. The number of aromatic nitrogens is 5. The number of anilines is 1. The number of hydrogen-bond donors (Lipinski definition) is 0. The molecular formula is C26H21F4N7O3. The molecule has 0 spiro atoms. The maximum atomic E-state index is 15.2. The number of hydrogen-bond acceptors (Lipinski definition) is 9. The molecule has 0 saturated carbocycles. The maximum Gasteiger partial charge on any atom is 0.449 e. The lowest BCUT2D eigenvalue weighted by molar-refractivity contribution is -0.147. The first-order chi connectivity index (χ1) is 19.0. The predicted octanol–water partition coefficient (Wildman–Crippen LogP) is 3.79. The van der Waals surface area contributed by atoms with Crippen LogP contribution in [0.2, 0.25) is 0 Å². The van der Waals surface area contributed by atoms with E-state index in [4.69, 9.17) is 14.7 Å². The van der Waals surface area contributed by atoms with Gasteiger partial charge in [0.1, 0.15) is 23.1 Å². The van der Waals surface area contributed by atoms with Gasteiger partial charge in [-0.15, -0.1) is 0 Å². The van der Waals surface area contributed by atoms with E-state index < -0.39 is 40.5 Å². The van der Waals surface area contributed by atoms with Crippen LogP contribution < -0.4 is 15.2 Å². The van der Waals surface area contributed by atoms with Crippen molar-refractivity contribution in [1.29, 1.82) is 5.26 Å². The average Bonchev–Trinajstić information content (AvgIpc) is 2.93. The normalized spacial score (nSPS) is 17.6. The van der Waals surface area contributed by atoms with Gasteiger partial charge in [-0.2, -0.15) is 18.4 Å². The number of methoxy groups -OCH3 is 1. The minimum atomic E-state index is -4.97. The maximum absolute atomic E-state index is 15.2. The summed E-state index contributed by atoms with van der Waals surface area (Å²) < 4.78 is 68.0. The summed E-state index contributed by atoms with van der Waals surface area (Å²) in [6.07, 6.45) is -4.25. The highest BCUT2D eigenvalue weighted by Crippen LogP contribution is 2.34. The Morgan fingerprint density at radius 2 is 1.90 bits per heavy atom. The molecule has 4 aromatic rings. The molecule has 0 radical (unpaired) electrons. The van der Waals surface area contributed by atoms with E-state index in [1.165, 1.54) is 19.2 Å². The van der Waals surface area contributed by atoms with Crippen LogP contribution in [0.1, 0.15) is 30.0 Å². The molecule has 3 aromatic heterocycles. The van der Waals surface area contributed by atoms with Crippen LogP contribution in [0.5, 0.6) is 5.88 Å². The number of nitriles is 1. The molecule has 0 bridgehead atoms. The van der Waals surface area contributed by atoms with Gasteiger partial charge in [0.15, 0.2) is 5.52 Å². The van der Waals surface area contributed by atoms with Gasteiger partial charge in [0.25, 0.3) is 5.56 Å². The summed E-state index contributed by atoms with van der Waals surface area (Å²) in [6, 6.07) is 8.69. The quantitative estimate of drug-likeness (QED) is 0.347. The van der Waals surface area contributed by atoms with Crippen molar-refractivity contribution in [3.8, 4) is 23.2 Å². The molecule has 10 nitrogen and oxygen atoms in total. The van der Waals surface area contributed by atoms with E-state index in [1.54, 1.807) is 29.3 Å². The molecule has 1 aliphatic rings. The number of halogens is 4. The van der Waals surface area contributed by atoms with E-state index >= 15 is 4.39 Å². The molecule has 1 saturated heterocycles. The second-order valence-corrected chi connectivity index (χ2v) is 9.15. The number of nitrogens with zero attached hydrogens (tertiary/aromatic N) is 7. The Kier molecular flexibility index (Phi) is 6.84.